The van der Waals surface area contributed by atoms with Crippen LogP contribution >= 0.6 is 0 Å². The Labute approximate surface area is 163 Å². The van der Waals surface area contributed by atoms with Crippen LogP contribution in [0.4, 0.5) is 14.9 Å². The van der Waals surface area contributed by atoms with Crippen LogP contribution in [0.2, 0.25) is 0 Å². The van der Waals surface area contributed by atoms with Crippen molar-refractivity contribution in [3.63, 3.8) is 0 Å². The molecule has 2 N–H and O–H groups in total. The molecule has 1 aromatic carbocycles. The van der Waals surface area contributed by atoms with Gasteiger partial charge in [0.05, 0.1) is 19.4 Å². The molecule has 3 rings (SSSR count). The number of hydrogen-bond donors (Lipinski definition) is 2. The lowest BCUT2D eigenvalue weighted by atomic mass is 10.0. The van der Waals surface area contributed by atoms with Gasteiger partial charge in [-0.1, -0.05) is 6.07 Å². The van der Waals surface area contributed by atoms with E-state index < -0.39 is 0 Å². The smallest absolute Gasteiger partial charge is 0.317 e. The molecular formula is C20H25FN4O3. The molecule has 8 heteroatoms. The second-order valence-corrected chi connectivity index (χ2v) is 6.90. The standard InChI is InChI=1S/C20H25FN4O3/c1-24(14-18-6-3-11-28-18)20(27)22-13-19(26)23-16-7-9-25(10-8-16)17-5-2-4-15(21)12-17/h2-6,11-12,16H,7-10,13-14H2,1H3,(H,22,27)(H,23,26). The fraction of sp³-hybridized carbons (Fsp3) is 0.400. The molecule has 2 heterocycles. The fourth-order valence-electron chi connectivity index (χ4n) is 3.23. The molecule has 1 aliphatic heterocycles. The van der Waals surface area contributed by atoms with Crippen LogP contribution in [0.1, 0.15) is 18.6 Å². The van der Waals surface area contributed by atoms with E-state index in [9.17, 15) is 14.0 Å². The van der Waals surface area contributed by atoms with Crippen LogP contribution in [0, 0.1) is 5.82 Å². The van der Waals surface area contributed by atoms with E-state index in [0.717, 1.165) is 31.6 Å². The van der Waals surface area contributed by atoms with Gasteiger partial charge in [-0.3, -0.25) is 4.79 Å². The average Bonchev–Trinajstić information content (AvgIpc) is 3.19. The lowest BCUT2D eigenvalue weighted by Gasteiger charge is -2.34. The highest BCUT2D eigenvalue weighted by atomic mass is 19.1. The number of hydrogen-bond acceptors (Lipinski definition) is 4. The van der Waals surface area contributed by atoms with Gasteiger partial charge >= 0.3 is 6.03 Å². The summed E-state index contributed by atoms with van der Waals surface area (Å²) < 4.78 is 18.6. The summed E-state index contributed by atoms with van der Waals surface area (Å²) in [6, 6.07) is 9.79. The molecule has 0 radical (unpaired) electrons. The highest BCUT2D eigenvalue weighted by Crippen LogP contribution is 2.20. The number of carbonyl (C=O) groups is 2. The van der Waals surface area contributed by atoms with Crippen LogP contribution in [0.5, 0.6) is 0 Å². The molecule has 2 aromatic rings. The highest BCUT2D eigenvalue weighted by molar-refractivity contribution is 5.84. The Morgan fingerprint density at radius 3 is 2.71 bits per heavy atom. The second-order valence-electron chi connectivity index (χ2n) is 6.90. The maximum Gasteiger partial charge on any atom is 0.317 e. The Bertz CT molecular complexity index is 789. The highest BCUT2D eigenvalue weighted by Gasteiger charge is 2.21. The number of furan rings is 1. The SMILES string of the molecule is CN(Cc1ccco1)C(=O)NCC(=O)NC1CCN(c2cccc(F)c2)CC1. The number of halogens is 1. The third-order valence-electron chi connectivity index (χ3n) is 4.75. The van der Waals surface area contributed by atoms with Gasteiger partial charge in [0, 0.05) is 31.9 Å². The third-order valence-corrected chi connectivity index (χ3v) is 4.75. The number of carbonyl (C=O) groups excluding carboxylic acids is 2. The van der Waals surface area contributed by atoms with Crippen molar-refractivity contribution in [2.24, 2.45) is 0 Å². The molecule has 7 nitrogen and oxygen atoms in total. The monoisotopic (exact) mass is 388 g/mol. The zero-order chi connectivity index (χ0) is 19.9. The Morgan fingerprint density at radius 2 is 2.04 bits per heavy atom. The van der Waals surface area contributed by atoms with Crippen LogP contribution in [-0.2, 0) is 11.3 Å². The van der Waals surface area contributed by atoms with Crippen molar-refractivity contribution in [3.05, 3.63) is 54.2 Å². The minimum atomic E-state index is -0.340. The van der Waals surface area contributed by atoms with Gasteiger partial charge in [0.15, 0.2) is 0 Å². The Kier molecular flexibility index (Phi) is 6.52. The van der Waals surface area contributed by atoms with Gasteiger partial charge in [0.2, 0.25) is 5.91 Å². The number of nitrogens with zero attached hydrogens (tertiary/aromatic N) is 2. The van der Waals surface area contributed by atoms with Crippen LogP contribution in [-0.4, -0.2) is 49.6 Å². The fourth-order valence-corrected chi connectivity index (χ4v) is 3.23. The van der Waals surface area contributed by atoms with E-state index in [-0.39, 0.29) is 30.3 Å². The van der Waals surface area contributed by atoms with Crippen LogP contribution in [0.3, 0.4) is 0 Å². The Morgan fingerprint density at radius 1 is 1.25 bits per heavy atom. The molecular weight excluding hydrogens is 363 g/mol. The Balaban J connectivity index is 1.37. The summed E-state index contributed by atoms with van der Waals surface area (Å²) in [4.78, 5) is 27.7. The molecule has 1 aliphatic rings. The quantitative estimate of drug-likeness (QED) is 0.796. The van der Waals surface area contributed by atoms with Crippen LogP contribution in [0.15, 0.2) is 47.1 Å². The number of nitrogens with one attached hydrogen (secondary N) is 2. The number of anilines is 1. The van der Waals surface area contributed by atoms with Gasteiger partial charge in [-0.15, -0.1) is 0 Å². The first kappa shape index (κ1) is 19.7. The lowest BCUT2D eigenvalue weighted by Crippen LogP contribution is -2.48. The van der Waals surface area contributed by atoms with Gasteiger partial charge in [-0.05, 0) is 43.2 Å². The summed E-state index contributed by atoms with van der Waals surface area (Å²) in [5, 5.41) is 5.56. The topological polar surface area (TPSA) is 77.8 Å². The number of piperidine rings is 1. The minimum Gasteiger partial charge on any atom is -0.467 e. The second kappa shape index (κ2) is 9.25. The first-order valence-corrected chi connectivity index (χ1v) is 9.32. The van der Waals surface area contributed by atoms with Crippen LogP contribution in [0.25, 0.3) is 0 Å². The molecule has 28 heavy (non-hydrogen) atoms. The third kappa shape index (κ3) is 5.48. The lowest BCUT2D eigenvalue weighted by molar-refractivity contribution is -0.120. The van der Waals surface area contributed by atoms with E-state index >= 15 is 0 Å². The van der Waals surface area contributed by atoms with E-state index in [4.69, 9.17) is 4.42 Å². The predicted octanol–water partition coefficient (Wildman–Crippen LogP) is 2.35. The van der Waals surface area contributed by atoms with Crippen molar-refractivity contribution >= 4 is 17.6 Å². The van der Waals surface area contributed by atoms with Crippen molar-refractivity contribution in [3.8, 4) is 0 Å². The molecule has 0 aliphatic carbocycles. The van der Waals surface area contributed by atoms with Gasteiger partial charge < -0.3 is 24.9 Å². The van der Waals surface area contributed by atoms with Gasteiger partial charge in [-0.25, -0.2) is 9.18 Å². The zero-order valence-electron chi connectivity index (χ0n) is 15.9. The largest absolute Gasteiger partial charge is 0.467 e. The molecule has 1 aromatic heterocycles. The maximum atomic E-state index is 13.4. The molecule has 0 saturated carbocycles. The number of urea groups is 1. The Hall–Kier alpha value is -3.03. The van der Waals surface area contributed by atoms with Crippen molar-refractivity contribution in [1.29, 1.82) is 0 Å². The van der Waals surface area contributed by atoms with Gasteiger partial charge in [-0.2, -0.15) is 0 Å². The molecule has 1 fully saturated rings. The molecule has 150 valence electrons. The first-order valence-electron chi connectivity index (χ1n) is 9.32. The molecule has 0 bridgehead atoms. The summed E-state index contributed by atoms with van der Waals surface area (Å²) in [7, 11) is 1.64. The predicted molar refractivity (Wildman–Crippen MR) is 103 cm³/mol. The molecule has 0 spiro atoms. The molecule has 1 saturated heterocycles. The summed E-state index contributed by atoms with van der Waals surface area (Å²) >= 11 is 0. The number of rotatable bonds is 6. The van der Waals surface area contributed by atoms with Crippen molar-refractivity contribution < 1.29 is 18.4 Å². The number of benzene rings is 1. The van der Waals surface area contributed by atoms with Gasteiger partial charge in [0.25, 0.3) is 0 Å². The van der Waals surface area contributed by atoms with E-state index in [1.807, 2.05) is 6.07 Å². The molecule has 0 unspecified atom stereocenters. The first-order chi connectivity index (χ1) is 13.5. The summed E-state index contributed by atoms with van der Waals surface area (Å²) in [5.41, 5.74) is 0.858. The zero-order valence-corrected chi connectivity index (χ0v) is 15.9. The summed E-state index contributed by atoms with van der Waals surface area (Å²) in [5.74, 6) is 0.205. The average molecular weight is 388 g/mol. The van der Waals surface area contributed by atoms with E-state index in [2.05, 4.69) is 15.5 Å². The van der Waals surface area contributed by atoms with Crippen molar-refractivity contribution in [2.45, 2.75) is 25.4 Å². The molecule has 3 amide bonds. The normalized spacial score (nSPS) is 14.6. The van der Waals surface area contributed by atoms with E-state index in [1.165, 1.54) is 17.0 Å². The minimum absolute atomic E-state index is 0.0510. The van der Waals surface area contributed by atoms with Gasteiger partial charge in [0.1, 0.15) is 11.6 Å². The summed E-state index contributed by atoms with van der Waals surface area (Å²) in [6.45, 7) is 1.74. The van der Waals surface area contributed by atoms with Crippen molar-refractivity contribution in [1.82, 2.24) is 15.5 Å². The van der Waals surface area contributed by atoms with E-state index in [0.29, 0.717) is 12.3 Å². The number of amides is 3. The van der Waals surface area contributed by atoms with E-state index in [1.54, 1.807) is 31.5 Å². The van der Waals surface area contributed by atoms with Crippen molar-refractivity contribution in [2.75, 3.05) is 31.6 Å². The summed E-state index contributed by atoms with van der Waals surface area (Å²) in [6.07, 6.45) is 3.09. The molecule has 0 atom stereocenters. The maximum absolute atomic E-state index is 13.4. The van der Waals surface area contributed by atoms with Crippen LogP contribution < -0.4 is 15.5 Å².